The van der Waals surface area contributed by atoms with Gasteiger partial charge in [-0.15, -0.1) is 11.8 Å². The van der Waals surface area contributed by atoms with E-state index in [1.165, 1.54) is 17.5 Å². The third-order valence-corrected chi connectivity index (χ3v) is 8.56. The van der Waals surface area contributed by atoms with Crippen LogP contribution in [0.15, 0.2) is 41.3 Å². The Bertz CT molecular complexity index is 1180. The zero-order valence-corrected chi connectivity index (χ0v) is 22.5. The molecule has 184 valence electrons. The summed E-state index contributed by atoms with van der Waals surface area (Å²) in [7, 11) is -3.45. The van der Waals surface area contributed by atoms with Crippen molar-refractivity contribution in [1.29, 1.82) is 0 Å². The number of aryl methyl sites for hydroxylation is 2. The number of sulfonamides is 1. The van der Waals surface area contributed by atoms with Crippen LogP contribution in [-0.4, -0.2) is 55.5 Å². The van der Waals surface area contributed by atoms with Crippen LogP contribution in [0.1, 0.15) is 53.7 Å². The van der Waals surface area contributed by atoms with Crippen LogP contribution >= 0.6 is 11.8 Å². The summed E-state index contributed by atoms with van der Waals surface area (Å²) < 4.78 is 32.2. The number of rotatable bonds is 8. The largest absolute Gasteiger partial charge is 0.480 e. The standard InChI is InChI=1S/C26H33NO5S2/c1-16-12-20(13-17(2)25(16)32-26(4,5)18(3)28)22-14-27(34(7,30)31)15-23(22)24(29)19-8-10-21(33-6)11-9-19/h8-13,22-23H,14-15H2,1-7H3/t22-,23+/m1/s1. The van der Waals surface area contributed by atoms with Crippen molar-refractivity contribution in [2.24, 2.45) is 5.92 Å². The number of carbonyl (C=O) groups excluding carboxylic acids is 2. The fourth-order valence-electron chi connectivity index (χ4n) is 4.30. The van der Waals surface area contributed by atoms with E-state index >= 15 is 0 Å². The molecular weight excluding hydrogens is 470 g/mol. The van der Waals surface area contributed by atoms with E-state index in [9.17, 15) is 18.0 Å². The highest BCUT2D eigenvalue weighted by atomic mass is 32.2. The van der Waals surface area contributed by atoms with Gasteiger partial charge in [0.25, 0.3) is 0 Å². The molecule has 0 radical (unpaired) electrons. The van der Waals surface area contributed by atoms with Gasteiger partial charge >= 0.3 is 0 Å². The van der Waals surface area contributed by atoms with Crippen molar-refractivity contribution in [2.45, 2.75) is 51.0 Å². The molecule has 2 atom stereocenters. The van der Waals surface area contributed by atoms with Crippen molar-refractivity contribution in [3.63, 3.8) is 0 Å². The zero-order chi connectivity index (χ0) is 25.4. The van der Waals surface area contributed by atoms with Crippen molar-refractivity contribution in [3.8, 4) is 5.75 Å². The molecule has 1 aliphatic heterocycles. The van der Waals surface area contributed by atoms with Gasteiger partial charge in [-0.3, -0.25) is 9.59 Å². The fraction of sp³-hybridized carbons (Fsp3) is 0.462. The minimum absolute atomic E-state index is 0.0582. The van der Waals surface area contributed by atoms with Gasteiger partial charge in [0.05, 0.1) is 6.26 Å². The van der Waals surface area contributed by atoms with E-state index in [1.54, 1.807) is 25.6 Å². The SMILES string of the molecule is CSc1ccc(C(=O)[C@H]2CN(S(C)(=O)=O)C[C@@H]2c2cc(C)c(OC(C)(C)C(C)=O)c(C)c2)cc1. The predicted octanol–water partition coefficient (Wildman–Crippen LogP) is 4.63. The van der Waals surface area contributed by atoms with Crippen molar-refractivity contribution in [3.05, 3.63) is 58.7 Å². The molecule has 8 heteroatoms. The molecule has 2 aromatic carbocycles. The minimum atomic E-state index is -3.45. The van der Waals surface area contributed by atoms with Crippen molar-refractivity contribution >= 4 is 33.4 Å². The molecule has 0 spiro atoms. The molecule has 0 N–H and O–H groups in total. The van der Waals surface area contributed by atoms with Crippen molar-refractivity contribution in [2.75, 3.05) is 25.6 Å². The molecule has 0 unspecified atom stereocenters. The van der Waals surface area contributed by atoms with Gasteiger partial charge < -0.3 is 4.74 Å². The molecule has 2 aromatic rings. The maximum atomic E-state index is 13.5. The third-order valence-electron chi connectivity index (χ3n) is 6.58. The maximum Gasteiger partial charge on any atom is 0.211 e. The Kier molecular flexibility index (Phi) is 7.65. The van der Waals surface area contributed by atoms with Crippen LogP contribution < -0.4 is 4.74 Å². The molecule has 0 aliphatic carbocycles. The second kappa shape index (κ2) is 9.84. The Balaban J connectivity index is 2.00. The van der Waals surface area contributed by atoms with Crippen LogP contribution in [0.25, 0.3) is 0 Å². The number of hydrogen-bond acceptors (Lipinski definition) is 6. The smallest absolute Gasteiger partial charge is 0.211 e. The van der Waals surface area contributed by atoms with Crippen molar-refractivity contribution < 1.29 is 22.7 Å². The molecular formula is C26H33NO5S2. The summed E-state index contributed by atoms with van der Waals surface area (Å²) in [5.41, 5.74) is 2.21. The predicted molar refractivity (Wildman–Crippen MR) is 137 cm³/mol. The van der Waals surface area contributed by atoms with Gasteiger partial charge in [-0.2, -0.15) is 0 Å². The summed E-state index contributed by atoms with van der Waals surface area (Å²) in [5, 5.41) is 0. The minimum Gasteiger partial charge on any atom is -0.480 e. The van der Waals surface area contributed by atoms with Gasteiger partial charge in [0.15, 0.2) is 17.2 Å². The van der Waals surface area contributed by atoms with Gasteiger partial charge in [-0.05, 0) is 69.7 Å². The Morgan fingerprint density at radius 2 is 1.62 bits per heavy atom. The van der Waals surface area contributed by atoms with Gasteiger partial charge in [-0.25, -0.2) is 12.7 Å². The molecule has 1 heterocycles. The molecule has 6 nitrogen and oxygen atoms in total. The van der Waals surface area contributed by atoms with Crippen LogP contribution in [0.4, 0.5) is 0 Å². The quantitative estimate of drug-likeness (QED) is 0.386. The summed E-state index contributed by atoms with van der Waals surface area (Å²) in [6, 6.07) is 11.3. The highest BCUT2D eigenvalue weighted by Crippen LogP contribution is 2.39. The van der Waals surface area contributed by atoms with Crippen LogP contribution in [0.3, 0.4) is 0 Å². The second-order valence-corrected chi connectivity index (χ2v) is 12.4. The lowest BCUT2D eigenvalue weighted by Gasteiger charge is -2.27. The molecule has 1 fully saturated rings. The number of thioether (sulfide) groups is 1. The topological polar surface area (TPSA) is 80.8 Å². The van der Waals surface area contributed by atoms with Gasteiger partial charge in [-0.1, -0.05) is 24.3 Å². The highest BCUT2D eigenvalue weighted by Gasteiger charge is 2.42. The molecule has 34 heavy (non-hydrogen) atoms. The summed E-state index contributed by atoms with van der Waals surface area (Å²) in [6.45, 7) is 9.18. The first-order chi connectivity index (χ1) is 15.7. The van der Waals surface area contributed by atoms with E-state index in [2.05, 4.69) is 0 Å². The van der Waals surface area contributed by atoms with E-state index in [0.29, 0.717) is 11.3 Å². The number of ether oxygens (including phenoxy) is 1. The highest BCUT2D eigenvalue weighted by molar-refractivity contribution is 7.98. The third kappa shape index (κ3) is 5.56. The van der Waals surface area contributed by atoms with Gasteiger partial charge in [0, 0.05) is 35.4 Å². The van der Waals surface area contributed by atoms with Crippen LogP contribution in [-0.2, 0) is 14.8 Å². The van der Waals surface area contributed by atoms with E-state index in [0.717, 1.165) is 21.6 Å². The number of carbonyl (C=O) groups is 2. The summed E-state index contributed by atoms with van der Waals surface area (Å²) in [6.07, 6.45) is 3.16. The molecule has 0 amide bonds. The average Bonchev–Trinajstić information content (AvgIpc) is 3.21. The van der Waals surface area contributed by atoms with Crippen LogP contribution in [0.5, 0.6) is 5.75 Å². The van der Waals surface area contributed by atoms with Crippen LogP contribution in [0.2, 0.25) is 0 Å². The fourth-order valence-corrected chi connectivity index (χ4v) is 5.57. The second-order valence-electron chi connectivity index (χ2n) is 9.54. The zero-order valence-electron chi connectivity index (χ0n) is 20.8. The lowest BCUT2D eigenvalue weighted by Crippen LogP contribution is -2.36. The molecule has 0 bridgehead atoms. The first-order valence-electron chi connectivity index (χ1n) is 11.2. The molecule has 1 aliphatic rings. The summed E-state index contributed by atoms with van der Waals surface area (Å²) >= 11 is 1.60. The van der Waals surface area contributed by atoms with Gasteiger partial charge in [0.1, 0.15) is 5.75 Å². The lowest BCUT2D eigenvalue weighted by molar-refractivity contribution is -0.129. The Labute approximate surface area is 207 Å². The number of benzene rings is 2. The average molecular weight is 504 g/mol. The summed E-state index contributed by atoms with van der Waals surface area (Å²) in [4.78, 5) is 26.5. The number of ketones is 2. The van der Waals surface area contributed by atoms with E-state index in [-0.39, 0.29) is 30.6 Å². The van der Waals surface area contributed by atoms with E-state index in [1.807, 2.05) is 56.5 Å². The molecule has 3 rings (SSSR count). The number of Topliss-reactive ketones (excluding diaryl/α,β-unsaturated/α-hetero) is 2. The van der Waals surface area contributed by atoms with Gasteiger partial charge in [0.2, 0.25) is 10.0 Å². The first kappa shape index (κ1) is 26.4. The van der Waals surface area contributed by atoms with Crippen LogP contribution in [0, 0.1) is 19.8 Å². The van der Waals surface area contributed by atoms with E-state index < -0.39 is 21.5 Å². The Hall–Kier alpha value is -2.16. The molecule has 1 saturated heterocycles. The van der Waals surface area contributed by atoms with E-state index in [4.69, 9.17) is 4.74 Å². The van der Waals surface area contributed by atoms with Crippen molar-refractivity contribution in [1.82, 2.24) is 4.31 Å². The summed E-state index contributed by atoms with van der Waals surface area (Å²) in [5.74, 6) is -0.272. The molecule has 0 saturated carbocycles. The maximum absolute atomic E-state index is 13.5. The first-order valence-corrected chi connectivity index (χ1v) is 14.3. The normalized spacial score (nSPS) is 19.3. The lowest BCUT2D eigenvalue weighted by atomic mass is 9.82. The molecule has 0 aromatic heterocycles. The Morgan fingerprint density at radius 1 is 1.06 bits per heavy atom. The number of nitrogens with zero attached hydrogens (tertiary/aromatic N) is 1. The monoisotopic (exact) mass is 503 g/mol. The Morgan fingerprint density at radius 3 is 2.09 bits per heavy atom. The number of hydrogen-bond donors (Lipinski definition) is 0.